The number of hydrogen-bond donors (Lipinski definition) is 1. The number of aryl methyl sites for hydroxylation is 1. The lowest BCUT2D eigenvalue weighted by Gasteiger charge is -2.17. The maximum Gasteiger partial charge on any atom is 0.119 e. The summed E-state index contributed by atoms with van der Waals surface area (Å²) in [5.74, 6) is 2.07. The van der Waals surface area contributed by atoms with Gasteiger partial charge in [-0.15, -0.1) is 0 Å². The molecular weight excluding hydrogens is 300 g/mol. The number of rotatable bonds is 6. The standard InChI is InChI=1S/C20H24N2O2/c1-14(2)20-21-18-9-4-5-10-19(18)22(20)12-16(23)13-24-17-8-6-7-15(3)11-17/h4-11,14,16,23H,12-13H2,1-3H3. The molecule has 0 saturated heterocycles. The Bertz CT molecular complexity index is 823. The van der Waals surface area contributed by atoms with Crippen molar-refractivity contribution in [3.63, 3.8) is 0 Å². The first kappa shape index (κ1) is 16.5. The summed E-state index contributed by atoms with van der Waals surface area (Å²) in [6.45, 7) is 6.99. The Morgan fingerprint density at radius 1 is 1.12 bits per heavy atom. The lowest BCUT2D eigenvalue weighted by molar-refractivity contribution is 0.0925. The number of aliphatic hydroxyl groups is 1. The van der Waals surface area contributed by atoms with E-state index in [2.05, 4.69) is 18.4 Å². The number of benzene rings is 2. The van der Waals surface area contributed by atoms with E-state index in [1.54, 1.807) is 0 Å². The van der Waals surface area contributed by atoms with Gasteiger partial charge in [-0.2, -0.15) is 0 Å². The maximum atomic E-state index is 10.4. The SMILES string of the molecule is Cc1cccc(OCC(O)Cn2c(C(C)C)nc3ccccc32)c1. The van der Waals surface area contributed by atoms with Crippen molar-refractivity contribution in [3.05, 3.63) is 59.9 Å². The van der Waals surface area contributed by atoms with Crippen LogP contribution in [0.2, 0.25) is 0 Å². The topological polar surface area (TPSA) is 47.3 Å². The largest absolute Gasteiger partial charge is 0.491 e. The van der Waals surface area contributed by atoms with Crippen molar-refractivity contribution in [3.8, 4) is 5.75 Å². The highest BCUT2D eigenvalue weighted by Crippen LogP contribution is 2.22. The number of fused-ring (bicyclic) bond motifs is 1. The summed E-state index contributed by atoms with van der Waals surface area (Å²) in [4.78, 5) is 4.71. The van der Waals surface area contributed by atoms with Crippen molar-refractivity contribution >= 4 is 11.0 Å². The zero-order valence-electron chi connectivity index (χ0n) is 14.4. The second kappa shape index (κ2) is 7.05. The Morgan fingerprint density at radius 3 is 2.67 bits per heavy atom. The molecule has 4 heteroatoms. The Balaban J connectivity index is 1.75. The van der Waals surface area contributed by atoms with Gasteiger partial charge >= 0.3 is 0 Å². The van der Waals surface area contributed by atoms with Crippen LogP contribution in [0.25, 0.3) is 11.0 Å². The molecule has 0 aliphatic rings. The summed E-state index contributed by atoms with van der Waals surface area (Å²) in [7, 11) is 0. The molecule has 1 unspecified atom stereocenters. The molecule has 1 aromatic heterocycles. The van der Waals surface area contributed by atoms with Gasteiger partial charge in [0.1, 0.15) is 24.3 Å². The Morgan fingerprint density at radius 2 is 1.92 bits per heavy atom. The molecule has 3 rings (SSSR count). The Hall–Kier alpha value is -2.33. The summed E-state index contributed by atoms with van der Waals surface area (Å²) in [5.41, 5.74) is 3.16. The van der Waals surface area contributed by atoms with E-state index in [1.807, 2.05) is 55.5 Å². The first-order valence-corrected chi connectivity index (χ1v) is 8.37. The van der Waals surface area contributed by atoms with Gasteiger partial charge in [0.15, 0.2) is 0 Å². The van der Waals surface area contributed by atoms with Gasteiger partial charge in [-0.1, -0.05) is 38.1 Å². The van der Waals surface area contributed by atoms with Gasteiger partial charge in [-0.25, -0.2) is 4.98 Å². The number of imidazole rings is 1. The minimum Gasteiger partial charge on any atom is -0.491 e. The maximum absolute atomic E-state index is 10.4. The van der Waals surface area contributed by atoms with Gasteiger partial charge in [0, 0.05) is 5.92 Å². The van der Waals surface area contributed by atoms with Crippen LogP contribution < -0.4 is 4.74 Å². The first-order chi connectivity index (χ1) is 11.5. The molecule has 3 aromatic rings. The average molecular weight is 324 g/mol. The Kier molecular flexibility index (Phi) is 4.86. The number of aliphatic hydroxyl groups excluding tert-OH is 1. The van der Waals surface area contributed by atoms with E-state index in [9.17, 15) is 5.11 Å². The number of hydrogen-bond acceptors (Lipinski definition) is 3. The highest BCUT2D eigenvalue weighted by molar-refractivity contribution is 5.76. The highest BCUT2D eigenvalue weighted by atomic mass is 16.5. The molecule has 1 heterocycles. The molecule has 0 fully saturated rings. The third kappa shape index (κ3) is 3.60. The van der Waals surface area contributed by atoms with Crippen molar-refractivity contribution in [2.75, 3.05) is 6.61 Å². The molecule has 0 spiro atoms. The van der Waals surface area contributed by atoms with Crippen LogP contribution in [-0.4, -0.2) is 27.4 Å². The van der Waals surface area contributed by atoms with Crippen LogP contribution in [0, 0.1) is 6.92 Å². The van der Waals surface area contributed by atoms with E-state index in [-0.39, 0.29) is 6.61 Å². The molecule has 0 saturated carbocycles. The molecule has 2 aromatic carbocycles. The fourth-order valence-electron chi connectivity index (χ4n) is 2.89. The number of ether oxygens (including phenoxy) is 1. The van der Waals surface area contributed by atoms with E-state index in [4.69, 9.17) is 9.72 Å². The fourth-order valence-corrected chi connectivity index (χ4v) is 2.89. The third-order valence-electron chi connectivity index (χ3n) is 4.03. The summed E-state index contributed by atoms with van der Waals surface area (Å²) in [6.07, 6.45) is -0.597. The molecule has 126 valence electrons. The van der Waals surface area contributed by atoms with Crippen molar-refractivity contribution in [2.24, 2.45) is 0 Å². The number of aromatic nitrogens is 2. The molecule has 0 radical (unpaired) electrons. The first-order valence-electron chi connectivity index (χ1n) is 8.37. The number of para-hydroxylation sites is 2. The summed E-state index contributed by atoms with van der Waals surface area (Å²) >= 11 is 0. The lowest BCUT2D eigenvalue weighted by atomic mass is 10.2. The minimum absolute atomic E-state index is 0.257. The van der Waals surface area contributed by atoms with E-state index in [0.717, 1.165) is 28.2 Å². The van der Waals surface area contributed by atoms with Crippen LogP contribution in [0.3, 0.4) is 0 Å². The summed E-state index contributed by atoms with van der Waals surface area (Å²) in [5, 5.41) is 10.4. The molecule has 0 aliphatic heterocycles. The normalized spacial score (nSPS) is 12.7. The smallest absolute Gasteiger partial charge is 0.119 e. The van der Waals surface area contributed by atoms with Crippen LogP contribution >= 0.6 is 0 Å². The lowest BCUT2D eigenvalue weighted by Crippen LogP contribution is -2.24. The van der Waals surface area contributed by atoms with Crippen LogP contribution in [-0.2, 0) is 6.54 Å². The fraction of sp³-hybridized carbons (Fsp3) is 0.350. The van der Waals surface area contributed by atoms with E-state index in [1.165, 1.54) is 0 Å². The molecule has 4 nitrogen and oxygen atoms in total. The van der Waals surface area contributed by atoms with Gasteiger partial charge < -0.3 is 14.4 Å². The second-order valence-corrected chi connectivity index (χ2v) is 6.51. The average Bonchev–Trinajstić information content (AvgIpc) is 2.92. The van der Waals surface area contributed by atoms with E-state index in [0.29, 0.717) is 12.5 Å². The highest BCUT2D eigenvalue weighted by Gasteiger charge is 2.16. The monoisotopic (exact) mass is 324 g/mol. The van der Waals surface area contributed by atoms with Gasteiger partial charge in [0.05, 0.1) is 17.6 Å². The predicted octanol–water partition coefficient (Wildman–Crippen LogP) is 3.91. The van der Waals surface area contributed by atoms with E-state index < -0.39 is 6.10 Å². The third-order valence-corrected chi connectivity index (χ3v) is 4.03. The zero-order chi connectivity index (χ0) is 17.1. The van der Waals surface area contributed by atoms with Crippen LogP contribution in [0.15, 0.2) is 48.5 Å². The second-order valence-electron chi connectivity index (χ2n) is 6.51. The molecule has 0 amide bonds. The van der Waals surface area contributed by atoms with Crippen molar-refractivity contribution in [2.45, 2.75) is 39.3 Å². The van der Waals surface area contributed by atoms with Gasteiger partial charge in [0.2, 0.25) is 0 Å². The number of nitrogens with zero attached hydrogens (tertiary/aromatic N) is 2. The summed E-state index contributed by atoms with van der Waals surface area (Å²) < 4.78 is 7.83. The van der Waals surface area contributed by atoms with E-state index >= 15 is 0 Å². The minimum atomic E-state index is -0.597. The predicted molar refractivity (Wildman–Crippen MR) is 96.5 cm³/mol. The van der Waals surface area contributed by atoms with Gasteiger partial charge in [0.25, 0.3) is 0 Å². The van der Waals surface area contributed by atoms with Gasteiger partial charge in [-0.3, -0.25) is 0 Å². The summed E-state index contributed by atoms with van der Waals surface area (Å²) in [6, 6.07) is 15.9. The molecule has 0 bridgehead atoms. The zero-order valence-corrected chi connectivity index (χ0v) is 14.4. The van der Waals surface area contributed by atoms with Gasteiger partial charge in [-0.05, 0) is 36.8 Å². The van der Waals surface area contributed by atoms with Crippen LogP contribution in [0.1, 0.15) is 31.2 Å². The Labute approximate surface area is 142 Å². The van der Waals surface area contributed by atoms with Crippen molar-refractivity contribution in [1.29, 1.82) is 0 Å². The van der Waals surface area contributed by atoms with Crippen molar-refractivity contribution < 1.29 is 9.84 Å². The quantitative estimate of drug-likeness (QED) is 0.748. The molecular formula is C20H24N2O2. The molecule has 1 N–H and O–H groups in total. The molecule has 1 atom stereocenters. The van der Waals surface area contributed by atoms with Crippen LogP contribution in [0.5, 0.6) is 5.75 Å². The van der Waals surface area contributed by atoms with Crippen molar-refractivity contribution in [1.82, 2.24) is 9.55 Å². The molecule has 24 heavy (non-hydrogen) atoms. The molecule has 0 aliphatic carbocycles. The van der Waals surface area contributed by atoms with Crippen LogP contribution in [0.4, 0.5) is 0 Å².